The highest BCUT2D eigenvalue weighted by molar-refractivity contribution is 7.89. The number of amides is 1. The van der Waals surface area contributed by atoms with Crippen LogP contribution in [-0.2, 0) is 14.8 Å². The van der Waals surface area contributed by atoms with E-state index in [9.17, 15) is 13.2 Å². The van der Waals surface area contributed by atoms with Gasteiger partial charge in [-0.05, 0) is 62.0 Å². The van der Waals surface area contributed by atoms with Crippen molar-refractivity contribution in [3.05, 3.63) is 30.3 Å². The molecular formula is C21H32N2O3S. The molecule has 2 fully saturated rings. The molecule has 1 saturated carbocycles. The van der Waals surface area contributed by atoms with Crippen LogP contribution < -0.4 is 4.72 Å². The summed E-state index contributed by atoms with van der Waals surface area (Å²) in [7, 11) is -3.44. The number of nitrogens with one attached hydrogen (secondary N) is 1. The molecule has 1 aliphatic heterocycles. The quantitative estimate of drug-likeness (QED) is 0.836. The van der Waals surface area contributed by atoms with Crippen LogP contribution in [0.25, 0.3) is 0 Å². The predicted octanol–water partition coefficient (Wildman–Crippen LogP) is 3.28. The zero-order valence-electron chi connectivity index (χ0n) is 16.4. The van der Waals surface area contributed by atoms with E-state index in [1.165, 1.54) is 6.42 Å². The number of nitrogens with zero attached hydrogens (tertiary/aromatic N) is 1. The van der Waals surface area contributed by atoms with Gasteiger partial charge in [-0.3, -0.25) is 4.79 Å². The molecule has 0 radical (unpaired) electrons. The standard InChI is InChI=1S/C21H32N2O3S/c1-16-12-17(2)15-23(14-16)21(24)19-10-8-18(9-11-19)13-22-27(25,26)20-6-4-3-5-7-20/h3-7,16-19,22H,8-15H2,1-2H3/t16-,17-,18?,19?/m1/s1. The third-order valence-corrected chi connectivity index (χ3v) is 7.43. The molecule has 1 amide bonds. The van der Waals surface area contributed by atoms with Crippen molar-refractivity contribution in [2.24, 2.45) is 23.7 Å². The minimum Gasteiger partial charge on any atom is -0.342 e. The summed E-state index contributed by atoms with van der Waals surface area (Å²) < 4.78 is 27.4. The van der Waals surface area contributed by atoms with E-state index in [-0.39, 0.29) is 5.92 Å². The van der Waals surface area contributed by atoms with E-state index in [1.807, 2.05) is 0 Å². The SMILES string of the molecule is C[C@@H]1C[C@@H](C)CN(C(=O)C2CCC(CNS(=O)(=O)c3ccccc3)CC2)C1. The van der Waals surface area contributed by atoms with Crippen LogP contribution in [0.3, 0.4) is 0 Å². The summed E-state index contributed by atoms with van der Waals surface area (Å²) in [6, 6.07) is 8.49. The van der Waals surface area contributed by atoms with Crippen LogP contribution in [0.2, 0.25) is 0 Å². The fraction of sp³-hybridized carbons (Fsp3) is 0.667. The molecule has 1 aromatic rings. The minimum atomic E-state index is -3.44. The predicted molar refractivity (Wildman–Crippen MR) is 107 cm³/mol. The third kappa shape index (κ3) is 5.32. The van der Waals surface area contributed by atoms with Gasteiger partial charge in [-0.25, -0.2) is 13.1 Å². The van der Waals surface area contributed by atoms with E-state index < -0.39 is 10.0 Å². The van der Waals surface area contributed by atoms with Gasteiger partial charge in [0.1, 0.15) is 0 Å². The molecule has 0 aromatic heterocycles. The van der Waals surface area contributed by atoms with Crippen LogP contribution in [0, 0.1) is 23.7 Å². The molecule has 5 nitrogen and oxygen atoms in total. The number of hydrogen-bond acceptors (Lipinski definition) is 3. The first kappa shape index (κ1) is 20.3. The summed E-state index contributed by atoms with van der Waals surface area (Å²) in [5, 5.41) is 0. The molecule has 6 heteroatoms. The summed E-state index contributed by atoms with van der Waals surface area (Å²) in [5.74, 6) is 1.91. The largest absolute Gasteiger partial charge is 0.342 e. The van der Waals surface area contributed by atoms with Gasteiger partial charge < -0.3 is 4.90 Å². The summed E-state index contributed by atoms with van der Waals surface area (Å²) in [5.41, 5.74) is 0. The lowest BCUT2D eigenvalue weighted by Gasteiger charge is -2.38. The Kier molecular flexibility index (Phi) is 6.58. The van der Waals surface area contributed by atoms with Crippen LogP contribution in [0.5, 0.6) is 0 Å². The monoisotopic (exact) mass is 392 g/mol. The molecule has 1 aliphatic carbocycles. The Bertz CT molecular complexity index is 717. The van der Waals surface area contributed by atoms with E-state index in [4.69, 9.17) is 0 Å². The zero-order valence-corrected chi connectivity index (χ0v) is 17.2. The lowest BCUT2D eigenvalue weighted by atomic mass is 9.80. The summed E-state index contributed by atoms with van der Waals surface area (Å²) in [6.45, 7) is 6.69. The van der Waals surface area contributed by atoms with Crippen molar-refractivity contribution in [2.75, 3.05) is 19.6 Å². The maximum Gasteiger partial charge on any atom is 0.240 e. The van der Waals surface area contributed by atoms with Crippen molar-refractivity contribution in [3.8, 4) is 0 Å². The first-order valence-corrected chi connectivity index (χ1v) is 11.7. The second-order valence-corrected chi connectivity index (χ2v) is 10.3. The van der Waals surface area contributed by atoms with Crippen molar-refractivity contribution in [1.29, 1.82) is 0 Å². The molecule has 27 heavy (non-hydrogen) atoms. The van der Waals surface area contributed by atoms with Crippen LogP contribution in [0.4, 0.5) is 0 Å². The lowest BCUT2D eigenvalue weighted by molar-refractivity contribution is -0.139. The van der Waals surface area contributed by atoms with Crippen LogP contribution >= 0.6 is 0 Å². The molecule has 1 N–H and O–H groups in total. The molecule has 2 atom stereocenters. The van der Waals surface area contributed by atoms with E-state index in [0.29, 0.717) is 35.1 Å². The summed E-state index contributed by atoms with van der Waals surface area (Å²) in [4.78, 5) is 15.2. The van der Waals surface area contributed by atoms with Crippen molar-refractivity contribution >= 4 is 15.9 Å². The highest BCUT2D eigenvalue weighted by atomic mass is 32.2. The van der Waals surface area contributed by atoms with Gasteiger partial charge in [0.15, 0.2) is 0 Å². The fourth-order valence-electron chi connectivity index (χ4n) is 4.63. The van der Waals surface area contributed by atoms with Crippen molar-refractivity contribution in [3.63, 3.8) is 0 Å². The number of carbonyl (C=O) groups excluding carboxylic acids is 1. The van der Waals surface area contributed by atoms with Crippen LogP contribution in [0.1, 0.15) is 46.0 Å². The molecule has 0 unspecified atom stereocenters. The van der Waals surface area contributed by atoms with Gasteiger partial charge in [-0.2, -0.15) is 0 Å². The Labute approximate surface area is 163 Å². The fourth-order valence-corrected chi connectivity index (χ4v) is 5.76. The minimum absolute atomic E-state index is 0.115. The van der Waals surface area contributed by atoms with E-state index in [0.717, 1.165) is 38.8 Å². The van der Waals surface area contributed by atoms with Crippen molar-refractivity contribution < 1.29 is 13.2 Å². The Hall–Kier alpha value is -1.40. The Morgan fingerprint density at radius 3 is 2.22 bits per heavy atom. The second-order valence-electron chi connectivity index (χ2n) is 8.57. The van der Waals surface area contributed by atoms with E-state index in [1.54, 1.807) is 30.3 Å². The Morgan fingerprint density at radius 2 is 1.63 bits per heavy atom. The molecular weight excluding hydrogens is 360 g/mol. The number of hydrogen-bond donors (Lipinski definition) is 1. The number of likely N-dealkylation sites (tertiary alicyclic amines) is 1. The summed E-state index contributed by atoms with van der Waals surface area (Å²) in [6.07, 6.45) is 4.77. The van der Waals surface area contributed by atoms with Crippen molar-refractivity contribution in [1.82, 2.24) is 9.62 Å². The van der Waals surface area contributed by atoms with Gasteiger partial charge in [0, 0.05) is 25.6 Å². The van der Waals surface area contributed by atoms with Crippen LogP contribution in [-0.4, -0.2) is 38.9 Å². The second kappa shape index (κ2) is 8.74. The molecule has 1 heterocycles. The molecule has 2 aliphatic rings. The number of rotatable bonds is 5. The average Bonchev–Trinajstić information content (AvgIpc) is 2.66. The third-order valence-electron chi connectivity index (χ3n) is 5.99. The van der Waals surface area contributed by atoms with Gasteiger partial charge in [0.25, 0.3) is 0 Å². The van der Waals surface area contributed by atoms with Crippen LogP contribution in [0.15, 0.2) is 35.2 Å². The van der Waals surface area contributed by atoms with Gasteiger partial charge >= 0.3 is 0 Å². The van der Waals surface area contributed by atoms with Gasteiger partial charge in [-0.15, -0.1) is 0 Å². The molecule has 1 saturated heterocycles. The first-order valence-electron chi connectivity index (χ1n) is 10.2. The number of piperidine rings is 1. The molecule has 0 bridgehead atoms. The number of carbonyl (C=O) groups is 1. The molecule has 3 rings (SSSR count). The highest BCUT2D eigenvalue weighted by Crippen LogP contribution is 2.32. The van der Waals surface area contributed by atoms with Gasteiger partial charge in [0.05, 0.1) is 4.90 Å². The van der Waals surface area contributed by atoms with E-state index in [2.05, 4.69) is 23.5 Å². The Balaban J connectivity index is 1.47. The zero-order chi connectivity index (χ0) is 19.4. The smallest absolute Gasteiger partial charge is 0.240 e. The van der Waals surface area contributed by atoms with E-state index >= 15 is 0 Å². The van der Waals surface area contributed by atoms with Crippen molar-refractivity contribution in [2.45, 2.75) is 50.8 Å². The average molecular weight is 393 g/mol. The Morgan fingerprint density at radius 1 is 1.04 bits per heavy atom. The maximum absolute atomic E-state index is 12.9. The van der Waals surface area contributed by atoms with Gasteiger partial charge in [0.2, 0.25) is 15.9 Å². The number of benzene rings is 1. The lowest BCUT2D eigenvalue weighted by Crippen LogP contribution is -2.46. The number of sulfonamides is 1. The maximum atomic E-state index is 12.9. The van der Waals surface area contributed by atoms with Gasteiger partial charge in [-0.1, -0.05) is 32.0 Å². The molecule has 1 aromatic carbocycles. The normalized spacial score (nSPS) is 29.5. The highest BCUT2D eigenvalue weighted by Gasteiger charge is 2.33. The summed E-state index contributed by atoms with van der Waals surface area (Å²) >= 11 is 0. The molecule has 0 spiro atoms. The molecule has 150 valence electrons. The topological polar surface area (TPSA) is 66.5 Å². The first-order chi connectivity index (χ1) is 12.8.